The van der Waals surface area contributed by atoms with E-state index in [1.807, 2.05) is 11.4 Å². The molecule has 0 saturated heterocycles. The van der Waals surface area contributed by atoms with Gasteiger partial charge in [-0.1, -0.05) is 0 Å². The molecule has 0 aliphatic rings. The third kappa shape index (κ3) is 1.36. The van der Waals surface area contributed by atoms with Crippen LogP contribution in [0.4, 0.5) is 0 Å². The summed E-state index contributed by atoms with van der Waals surface area (Å²) in [6.07, 6.45) is 1.34. The van der Waals surface area contributed by atoms with E-state index in [1.165, 1.54) is 0 Å². The quantitative estimate of drug-likeness (QED) is 0.620. The summed E-state index contributed by atoms with van der Waals surface area (Å²) in [5.74, 6) is 0.817. The second-order valence-corrected chi connectivity index (χ2v) is 2.78. The third-order valence-corrected chi connectivity index (χ3v) is 2.12. The average Bonchev–Trinajstić information content (AvgIpc) is 2.36. The van der Waals surface area contributed by atoms with Gasteiger partial charge in [-0.15, -0.1) is 11.3 Å². The van der Waals surface area contributed by atoms with Crippen LogP contribution in [0, 0.1) is 0 Å². The fourth-order valence-electron chi connectivity index (χ4n) is 0.735. The van der Waals surface area contributed by atoms with Gasteiger partial charge >= 0.3 is 0 Å². The summed E-state index contributed by atoms with van der Waals surface area (Å²) in [4.78, 5) is 11.1. The lowest BCUT2D eigenvalue weighted by molar-refractivity contribution is -0.107. The zero-order valence-electron chi connectivity index (χ0n) is 5.66. The Hall–Kier alpha value is -0.830. The maximum Gasteiger partial charge on any atom is 0.133 e. The molecule has 0 amide bonds. The highest BCUT2D eigenvalue weighted by molar-refractivity contribution is 7.10. The van der Waals surface area contributed by atoms with Gasteiger partial charge in [0, 0.05) is 6.42 Å². The van der Waals surface area contributed by atoms with Gasteiger partial charge in [0.1, 0.15) is 12.0 Å². The van der Waals surface area contributed by atoms with Crippen LogP contribution in [0.25, 0.3) is 0 Å². The molecule has 1 aromatic heterocycles. The van der Waals surface area contributed by atoms with E-state index in [0.717, 1.165) is 16.9 Å². The lowest BCUT2D eigenvalue weighted by atomic mass is 10.3. The first kappa shape index (κ1) is 7.28. The first-order valence-corrected chi connectivity index (χ1v) is 3.80. The van der Waals surface area contributed by atoms with Crippen molar-refractivity contribution in [3.63, 3.8) is 0 Å². The maximum atomic E-state index is 10.1. The van der Waals surface area contributed by atoms with Crippen molar-refractivity contribution in [1.82, 2.24) is 0 Å². The number of carbonyl (C=O) groups excluding carboxylic acids is 1. The zero-order valence-corrected chi connectivity index (χ0v) is 6.48. The lowest BCUT2D eigenvalue weighted by Gasteiger charge is -1.95. The van der Waals surface area contributed by atoms with E-state index in [1.54, 1.807) is 18.4 Å². The Morgan fingerprint density at radius 2 is 2.60 bits per heavy atom. The molecule has 1 aromatic rings. The number of aldehydes is 1. The van der Waals surface area contributed by atoms with Gasteiger partial charge in [-0.25, -0.2) is 0 Å². The standard InChI is InChI=1S/C7H8O2S/c1-9-6-3-5-10-7(6)2-4-8/h3-5H,2H2,1H3. The molecule has 0 unspecified atom stereocenters. The Morgan fingerprint density at radius 3 is 3.20 bits per heavy atom. The molecule has 0 saturated carbocycles. The Bertz CT molecular complexity index is 217. The Kier molecular flexibility index (Phi) is 2.45. The number of thiophene rings is 1. The van der Waals surface area contributed by atoms with Crippen molar-refractivity contribution < 1.29 is 9.53 Å². The second-order valence-electron chi connectivity index (χ2n) is 1.78. The fourth-order valence-corrected chi connectivity index (χ4v) is 1.52. The van der Waals surface area contributed by atoms with Gasteiger partial charge in [-0.3, -0.25) is 0 Å². The summed E-state index contributed by atoms with van der Waals surface area (Å²) in [6, 6.07) is 1.86. The van der Waals surface area contributed by atoms with Crippen LogP contribution in [0.3, 0.4) is 0 Å². The first-order valence-electron chi connectivity index (χ1n) is 2.92. The number of hydrogen-bond donors (Lipinski definition) is 0. The molecule has 0 atom stereocenters. The highest BCUT2D eigenvalue weighted by Gasteiger charge is 2.01. The van der Waals surface area contributed by atoms with E-state index in [0.29, 0.717) is 6.42 Å². The fraction of sp³-hybridized carbons (Fsp3) is 0.286. The average molecular weight is 156 g/mol. The monoisotopic (exact) mass is 156 g/mol. The summed E-state index contributed by atoms with van der Waals surface area (Å²) >= 11 is 1.54. The minimum Gasteiger partial charge on any atom is -0.496 e. The van der Waals surface area contributed by atoms with Gasteiger partial charge in [0.15, 0.2) is 0 Å². The molecule has 1 rings (SSSR count). The lowest BCUT2D eigenvalue weighted by Crippen LogP contribution is -1.86. The summed E-state index contributed by atoms with van der Waals surface area (Å²) in [6.45, 7) is 0. The van der Waals surface area contributed by atoms with Crippen molar-refractivity contribution in [3.8, 4) is 5.75 Å². The largest absolute Gasteiger partial charge is 0.496 e. The number of hydrogen-bond acceptors (Lipinski definition) is 3. The molecule has 10 heavy (non-hydrogen) atoms. The van der Waals surface area contributed by atoms with Gasteiger partial charge < -0.3 is 9.53 Å². The van der Waals surface area contributed by atoms with Crippen LogP contribution >= 0.6 is 11.3 Å². The van der Waals surface area contributed by atoms with Gasteiger partial charge in [0.2, 0.25) is 0 Å². The van der Waals surface area contributed by atoms with E-state index in [-0.39, 0.29) is 0 Å². The molecule has 0 spiro atoms. The first-order chi connectivity index (χ1) is 4.88. The predicted molar refractivity (Wildman–Crippen MR) is 40.6 cm³/mol. The molecule has 54 valence electrons. The topological polar surface area (TPSA) is 26.3 Å². The van der Waals surface area contributed by atoms with E-state index >= 15 is 0 Å². The van der Waals surface area contributed by atoms with Gasteiger partial charge in [-0.2, -0.15) is 0 Å². The van der Waals surface area contributed by atoms with Crippen molar-refractivity contribution in [2.24, 2.45) is 0 Å². The van der Waals surface area contributed by atoms with E-state index in [2.05, 4.69) is 0 Å². The van der Waals surface area contributed by atoms with Crippen LogP contribution in [0.5, 0.6) is 5.75 Å². The van der Waals surface area contributed by atoms with Gasteiger partial charge in [-0.05, 0) is 11.4 Å². The molecule has 1 heterocycles. The van der Waals surface area contributed by atoms with Crippen molar-refractivity contribution in [1.29, 1.82) is 0 Å². The SMILES string of the molecule is COc1ccsc1CC=O. The van der Waals surface area contributed by atoms with Crippen LogP contribution in [0.1, 0.15) is 4.88 Å². The molecule has 0 radical (unpaired) electrons. The number of methoxy groups -OCH3 is 1. The van der Waals surface area contributed by atoms with Crippen LogP contribution in [-0.4, -0.2) is 13.4 Å². The normalized spacial score (nSPS) is 9.30. The van der Waals surface area contributed by atoms with Crippen molar-refractivity contribution >= 4 is 17.6 Å². The molecule has 0 N–H and O–H groups in total. The van der Waals surface area contributed by atoms with Crippen molar-refractivity contribution in [3.05, 3.63) is 16.3 Å². The molecule has 3 heteroatoms. The van der Waals surface area contributed by atoms with Crippen molar-refractivity contribution in [2.45, 2.75) is 6.42 Å². The van der Waals surface area contributed by atoms with E-state index in [4.69, 9.17) is 4.74 Å². The summed E-state index contributed by atoms with van der Waals surface area (Å²) in [5.41, 5.74) is 0. The molecule has 2 nitrogen and oxygen atoms in total. The Balaban J connectivity index is 2.79. The molecule has 0 aliphatic heterocycles. The number of ether oxygens (including phenoxy) is 1. The summed E-state index contributed by atoms with van der Waals surface area (Å²) < 4.78 is 4.99. The van der Waals surface area contributed by atoms with Crippen LogP contribution < -0.4 is 4.74 Å². The van der Waals surface area contributed by atoms with E-state index < -0.39 is 0 Å². The van der Waals surface area contributed by atoms with Crippen LogP contribution in [-0.2, 0) is 11.2 Å². The third-order valence-electron chi connectivity index (χ3n) is 1.19. The number of carbonyl (C=O) groups is 1. The number of rotatable bonds is 3. The Morgan fingerprint density at radius 1 is 1.80 bits per heavy atom. The molecule has 0 fully saturated rings. The van der Waals surface area contributed by atoms with Gasteiger partial charge in [0.05, 0.1) is 12.0 Å². The molecular weight excluding hydrogens is 148 g/mol. The summed E-state index contributed by atoms with van der Waals surface area (Å²) in [7, 11) is 1.61. The molecule has 0 aliphatic carbocycles. The molecular formula is C7H8O2S. The Labute approximate surface area is 63.4 Å². The smallest absolute Gasteiger partial charge is 0.133 e. The van der Waals surface area contributed by atoms with Crippen molar-refractivity contribution in [2.75, 3.05) is 7.11 Å². The highest BCUT2D eigenvalue weighted by atomic mass is 32.1. The minimum atomic E-state index is 0.459. The molecule has 0 aromatic carbocycles. The summed E-state index contributed by atoms with van der Waals surface area (Å²) in [5, 5.41) is 1.91. The van der Waals surface area contributed by atoms with Gasteiger partial charge in [0.25, 0.3) is 0 Å². The zero-order chi connectivity index (χ0) is 7.40. The second kappa shape index (κ2) is 3.37. The predicted octanol–water partition coefficient (Wildman–Crippen LogP) is 1.50. The maximum absolute atomic E-state index is 10.1. The highest BCUT2D eigenvalue weighted by Crippen LogP contribution is 2.23. The molecule has 0 bridgehead atoms. The van der Waals surface area contributed by atoms with E-state index in [9.17, 15) is 4.79 Å². The minimum absolute atomic E-state index is 0.459. The van der Waals surface area contributed by atoms with Crippen LogP contribution in [0.2, 0.25) is 0 Å². The van der Waals surface area contributed by atoms with Crippen LogP contribution in [0.15, 0.2) is 11.4 Å².